The number of hydrogen-bond acceptors (Lipinski definition) is 3. The number of fused-ring (bicyclic) bond motifs is 1. The lowest BCUT2D eigenvalue weighted by Crippen LogP contribution is -1.97. The monoisotopic (exact) mass is 292 g/mol. The minimum atomic E-state index is -1.18. The first kappa shape index (κ1) is 13.7. The number of rotatable bonds is 2. The molecule has 2 aromatic heterocycles. The van der Waals surface area contributed by atoms with Crippen LogP contribution in [0.2, 0.25) is 0 Å². The molecule has 0 unspecified atom stereocenters. The van der Waals surface area contributed by atoms with E-state index in [2.05, 4.69) is 6.07 Å². The number of aromatic carboxylic acids is 1. The zero-order valence-electron chi connectivity index (χ0n) is 11.7. The van der Waals surface area contributed by atoms with Crippen LogP contribution in [0, 0.1) is 18.3 Å². The Hall–Kier alpha value is -3.26. The summed E-state index contributed by atoms with van der Waals surface area (Å²) < 4.78 is 1.86. The predicted molar refractivity (Wildman–Crippen MR) is 80.9 cm³/mol. The van der Waals surface area contributed by atoms with E-state index in [4.69, 9.17) is 5.11 Å². The molecule has 0 spiro atoms. The number of phenols is 1. The normalized spacial score (nSPS) is 10.5. The fraction of sp³-hybridized carbons (Fsp3) is 0.0588. The van der Waals surface area contributed by atoms with Crippen molar-refractivity contribution in [3.63, 3.8) is 0 Å². The molecule has 108 valence electrons. The third-order valence-corrected chi connectivity index (χ3v) is 3.64. The second kappa shape index (κ2) is 4.93. The number of nitriles is 1. The van der Waals surface area contributed by atoms with Crippen molar-refractivity contribution in [2.75, 3.05) is 0 Å². The molecule has 1 aromatic carbocycles. The summed E-state index contributed by atoms with van der Waals surface area (Å²) in [6.07, 6.45) is 1.83. The molecule has 0 saturated carbocycles. The summed E-state index contributed by atoms with van der Waals surface area (Å²) in [5.41, 5.74) is 3.53. The minimum absolute atomic E-state index is 0.152. The molecule has 0 bridgehead atoms. The first-order valence-corrected chi connectivity index (χ1v) is 6.60. The number of nitrogens with zero attached hydrogens (tertiary/aromatic N) is 2. The van der Waals surface area contributed by atoms with Crippen LogP contribution in [0.3, 0.4) is 0 Å². The second-order valence-corrected chi connectivity index (χ2v) is 5.00. The molecule has 0 aliphatic carbocycles. The van der Waals surface area contributed by atoms with Crippen LogP contribution >= 0.6 is 0 Å². The van der Waals surface area contributed by atoms with Crippen LogP contribution in [0.5, 0.6) is 5.75 Å². The van der Waals surface area contributed by atoms with Crippen molar-refractivity contribution >= 4 is 11.5 Å². The Morgan fingerprint density at radius 3 is 2.68 bits per heavy atom. The fourth-order valence-corrected chi connectivity index (χ4v) is 2.61. The predicted octanol–water partition coefficient (Wildman–Crippen LogP) is 3.19. The lowest BCUT2D eigenvalue weighted by atomic mass is 10.1. The van der Waals surface area contributed by atoms with Gasteiger partial charge in [0.1, 0.15) is 17.4 Å². The van der Waals surface area contributed by atoms with Gasteiger partial charge < -0.3 is 14.6 Å². The van der Waals surface area contributed by atoms with Crippen molar-refractivity contribution in [1.82, 2.24) is 4.40 Å². The van der Waals surface area contributed by atoms with Crippen molar-refractivity contribution in [2.24, 2.45) is 0 Å². The summed E-state index contributed by atoms with van der Waals surface area (Å²) in [6.45, 7) is 1.92. The Morgan fingerprint density at radius 2 is 2.05 bits per heavy atom. The first-order chi connectivity index (χ1) is 10.5. The van der Waals surface area contributed by atoms with E-state index in [9.17, 15) is 15.2 Å². The van der Waals surface area contributed by atoms with E-state index in [1.807, 2.05) is 29.7 Å². The van der Waals surface area contributed by atoms with Crippen LogP contribution in [0.4, 0.5) is 0 Å². The molecule has 0 saturated heterocycles. The maximum absolute atomic E-state index is 11.0. The van der Waals surface area contributed by atoms with Crippen LogP contribution in [0.15, 0.2) is 42.6 Å². The molecule has 0 aliphatic rings. The van der Waals surface area contributed by atoms with Gasteiger partial charge in [0, 0.05) is 11.8 Å². The van der Waals surface area contributed by atoms with Gasteiger partial charge in [0.05, 0.1) is 16.8 Å². The van der Waals surface area contributed by atoms with E-state index >= 15 is 0 Å². The number of carboxylic acid groups (broad SMARTS) is 1. The number of benzene rings is 1. The SMILES string of the molecule is Cc1cccn2c(-c3ccc(C(=O)O)c(O)c3)cc(C#N)c12. The van der Waals surface area contributed by atoms with Gasteiger partial charge in [0.2, 0.25) is 0 Å². The minimum Gasteiger partial charge on any atom is -0.507 e. The van der Waals surface area contributed by atoms with Crippen LogP contribution in [0.1, 0.15) is 21.5 Å². The van der Waals surface area contributed by atoms with Gasteiger partial charge in [-0.1, -0.05) is 12.1 Å². The molecule has 0 fully saturated rings. The van der Waals surface area contributed by atoms with Gasteiger partial charge in [0.15, 0.2) is 0 Å². The van der Waals surface area contributed by atoms with Crippen LogP contribution in [-0.2, 0) is 0 Å². The van der Waals surface area contributed by atoms with Gasteiger partial charge in [-0.15, -0.1) is 0 Å². The fourth-order valence-electron chi connectivity index (χ4n) is 2.61. The molecule has 2 heterocycles. The summed E-state index contributed by atoms with van der Waals surface area (Å²) in [4.78, 5) is 11.0. The van der Waals surface area contributed by atoms with Crippen LogP contribution in [0.25, 0.3) is 16.8 Å². The van der Waals surface area contributed by atoms with E-state index in [1.165, 1.54) is 12.1 Å². The molecule has 0 aliphatic heterocycles. The number of carbonyl (C=O) groups is 1. The van der Waals surface area contributed by atoms with Gasteiger partial charge in [-0.3, -0.25) is 0 Å². The number of aryl methyl sites for hydroxylation is 1. The lowest BCUT2D eigenvalue weighted by Gasteiger charge is -2.06. The van der Waals surface area contributed by atoms with Gasteiger partial charge in [-0.2, -0.15) is 5.26 Å². The number of aromatic hydroxyl groups is 1. The quantitative estimate of drug-likeness (QED) is 0.759. The summed E-state index contributed by atoms with van der Waals surface area (Å²) >= 11 is 0. The van der Waals surface area contributed by atoms with Gasteiger partial charge in [-0.05, 0) is 36.8 Å². The largest absolute Gasteiger partial charge is 0.507 e. The number of aromatic nitrogens is 1. The molecule has 2 N–H and O–H groups in total. The number of hydrogen-bond donors (Lipinski definition) is 2. The third kappa shape index (κ3) is 1.98. The molecule has 0 atom stereocenters. The number of pyridine rings is 1. The van der Waals surface area contributed by atoms with E-state index in [-0.39, 0.29) is 11.3 Å². The summed E-state index contributed by atoms with van der Waals surface area (Å²) in [6, 6.07) is 12.1. The smallest absolute Gasteiger partial charge is 0.339 e. The highest BCUT2D eigenvalue weighted by Crippen LogP contribution is 2.31. The Labute approximate surface area is 126 Å². The van der Waals surface area contributed by atoms with E-state index in [1.54, 1.807) is 12.1 Å². The highest BCUT2D eigenvalue weighted by Gasteiger charge is 2.15. The standard InChI is InChI=1S/C17H12N2O3/c1-10-3-2-6-19-14(7-12(9-18)16(10)19)11-4-5-13(17(21)22)15(20)8-11/h2-8,20H,1H3,(H,21,22). The number of carboxylic acids is 1. The highest BCUT2D eigenvalue weighted by molar-refractivity contribution is 5.92. The van der Waals surface area contributed by atoms with Crippen LogP contribution in [-0.4, -0.2) is 20.6 Å². The molecule has 0 radical (unpaired) electrons. The van der Waals surface area contributed by atoms with Crippen molar-refractivity contribution in [2.45, 2.75) is 6.92 Å². The van der Waals surface area contributed by atoms with Gasteiger partial charge >= 0.3 is 5.97 Å². The average molecular weight is 292 g/mol. The van der Waals surface area contributed by atoms with Crippen molar-refractivity contribution in [3.05, 3.63) is 59.3 Å². The van der Waals surface area contributed by atoms with E-state index in [0.29, 0.717) is 11.1 Å². The molecule has 3 aromatic rings. The Balaban J connectivity index is 2.28. The zero-order valence-corrected chi connectivity index (χ0v) is 11.7. The van der Waals surface area contributed by atoms with Gasteiger partial charge in [-0.25, -0.2) is 4.79 Å². The van der Waals surface area contributed by atoms with Crippen molar-refractivity contribution in [1.29, 1.82) is 5.26 Å². The zero-order chi connectivity index (χ0) is 15.9. The molecule has 22 heavy (non-hydrogen) atoms. The Morgan fingerprint density at radius 1 is 1.27 bits per heavy atom. The van der Waals surface area contributed by atoms with Crippen molar-refractivity contribution < 1.29 is 15.0 Å². The first-order valence-electron chi connectivity index (χ1n) is 6.60. The summed E-state index contributed by atoms with van der Waals surface area (Å²) in [7, 11) is 0. The molecular formula is C17H12N2O3. The molecule has 5 nitrogen and oxygen atoms in total. The Kier molecular flexibility index (Phi) is 3.08. The topological polar surface area (TPSA) is 85.7 Å². The summed E-state index contributed by atoms with van der Waals surface area (Å²) in [5.74, 6) is -1.48. The maximum atomic E-state index is 11.0. The lowest BCUT2D eigenvalue weighted by molar-refractivity contribution is 0.0694. The molecule has 5 heteroatoms. The third-order valence-electron chi connectivity index (χ3n) is 3.64. The molecular weight excluding hydrogens is 280 g/mol. The van der Waals surface area contributed by atoms with E-state index in [0.717, 1.165) is 16.8 Å². The molecule has 0 amide bonds. The van der Waals surface area contributed by atoms with Crippen LogP contribution < -0.4 is 0 Å². The average Bonchev–Trinajstić information content (AvgIpc) is 2.87. The van der Waals surface area contributed by atoms with Gasteiger partial charge in [0.25, 0.3) is 0 Å². The van der Waals surface area contributed by atoms with E-state index < -0.39 is 5.97 Å². The second-order valence-electron chi connectivity index (χ2n) is 5.00. The molecule has 3 rings (SSSR count). The highest BCUT2D eigenvalue weighted by atomic mass is 16.4. The van der Waals surface area contributed by atoms with Crippen molar-refractivity contribution in [3.8, 4) is 23.1 Å². The summed E-state index contributed by atoms with van der Waals surface area (Å²) in [5, 5.41) is 28.1. The Bertz CT molecular complexity index is 948. The maximum Gasteiger partial charge on any atom is 0.339 e.